The fourth-order valence-electron chi connectivity index (χ4n) is 2.43. The fourth-order valence-corrected chi connectivity index (χ4v) is 2.43. The molecule has 1 rings (SSSR count). The van der Waals surface area contributed by atoms with Crippen LogP contribution in [0.5, 0.6) is 0 Å². The highest BCUT2D eigenvalue weighted by atomic mass is 16.5. The zero-order chi connectivity index (χ0) is 14.1. The zero-order valence-corrected chi connectivity index (χ0v) is 12.5. The molecule has 1 saturated heterocycles. The lowest BCUT2D eigenvalue weighted by atomic mass is 10.0. The van der Waals surface area contributed by atoms with Gasteiger partial charge >= 0.3 is 0 Å². The summed E-state index contributed by atoms with van der Waals surface area (Å²) < 4.78 is 5.56. The summed E-state index contributed by atoms with van der Waals surface area (Å²) in [6, 6.07) is 0. The number of carbonyl (C=O) groups excluding carboxylic acids is 1. The number of amides is 1. The summed E-state index contributed by atoms with van der Waals surface area (Å²) in [7, 11) is 0. The number of hydrogen-bond donors (Lipinski definition) is 2. The smallest absolute Gasteiger partial charge is 0.249 e. The maximum atomic E-state index is 11.8. The highest BCUT2D eigenvalue weighted by Gasteiger charge is 2.29. The Bertz CT molecular complexity index is 257. The molecule has 0 spiro atoms. The number of nitrogens with one attached hydrogen (secondary N) is 1. The van der Waals surface area contributed by atoms with Crippen LogP contribution in [0, 0.1) is 5.92 Å². The van der Waals surface area contributed by atoms with Crippen molar-refractivity contribution in [2.75, 3.05) is 13.1 Å². The van der Waals surface area contributed by atoms with Gasteiger partial charge in [-0.3, -0.25) is 4.79 Å². The SMILES string of the molecule is CC(C)CCCCCCNC(=O)C1CCC(CN)O1. The Balaban J connectivity index is 1.96. The van der Waals surface area contributed by atoms with Crippen molar-refractivity contribution in [3.05, 3.63) is 0 Å². The minimum atomic E-state index is -0.269. The summed E-state index contributed by atoms with van der Waals surface area (Å²) in [6.45, 7) is 5.81. The van der Waals surface area contributed by atoms with Gasteiger partial charge in [0.1, 0.15) is 6.10 Å². The number of nitrogens with two attached hydrogens (primary N) is 1. The van der Waals surface area contributed by atoms with Crippen molar-refractivity contribution in [2.45, 2.75) is 71.0 Å². The highest BCUT2D eigenvalue weighted by molar-refractivity contribution is 5.80. The molecule has 1 amide bonds. The predicted octanol–water partition coefficient (Wildman–Crippen LogP) is 2.22. The van der Waals surface area contributed by atoms with E-state index >= 15 is 0 Å². The molecule has 0 saturated carbocycles. The molecule has 2 unspecified atom stereocenters. The largest absolute Gasteiger partial charge is 0.364 e. The molecule has 1 fully saturated rings. The van der Waals surface area contributed by atoms with E-state index < -0.39 is 0 Å². The molecule has 1 heterocycles. The van der Waals surface area contributed by atoms with Crippen LogP contribution in [-0.4, -0.2) is 31.2 Å². The molecule has 4 nitrogen and oxygen atoms in total. The van der Waals surface area contributed by atoms with Gasteiger partial charge in [0.2, 0.25) is 5.91 Å². The molecule has 2 atom stereocenters. The van der Waals surface area contributed by atoms with E-state index in [-0.39, 0.29) is 18.1 Å². The van der Waals surface area contributed by atoms with E-state index in [1.165, 1.54) is 25.7 Å². The normalized spacial score (nSPS) is 22.9. The average molecular weight is 270 g/mol. The molecule has 0 radical (unpaired) electrons. The van der Waals surface area contributed by atoms with E-state index in [1.54, 1.807) is 0 Å². The van der Waals surface area contributed by atoms with Gasteiger partial charge in [0.05, 0.1) is 6.10 Å². The maximum Gasteiger partial charge on any atom is 0.249 e. The van der Waals surface area contributed by atoms with Crippen LogP contribution >= 0.6 is 0 Å². The van der Waals surface area contributed by atoms with Crippen LogP contribution in [0.1, 0.15) is 58.8 Å². The van der Waals surface area contributed by atoms with Crippen LogP contribution < -0.4 is 11.1 Å². The van der Waals surface area contributed by atoms with Crippen LogP contribution in [0.2, 0.25) is 0 Å². The van der Waals surface area contributed by atoms with Gasteiger partial charge in [-0.2, -0.15) is 0 Å². The van der Waals surface area contributed by atoms with E-state index in [0.29, 0.717) is 6.54 Å². The molecule has 0 aromatic heterocycles. The van der Waals surface area contributed by atoms with Gasteiger partial charge in [0.25, 0.3) is 0 Å². The van der Waals surface area contributed by atoms with Gasteiger partial charge in [-0.25, -0.2) is 0 Å². The Labute approximate surface area is 117 Å². The number of unbranched alkanes of at least 4 members (excludes halogenated alkanes) is 3. The third kappa shape index (κ3) is 6.92. The second-order valence-electron chi connectivity index (χ2n) is 5.95. The Kier molecular flexibility index (Phi) is 8.07. The van der Waals surface area contributed by atoms with Crippen molar-refractivity contribution < 1.29 is 9.53 Å². The summed E-state index contributed by atoms with van der Waals surface area (Å²) in [6.07, 6.45) is 7.66. The van der Waals surface area contributed by atoms with Crippen molar-refractivity contribution in [3.63, 3.8) is 0 Å². The molecule has 4 heteroatoms. The Hall–Kier alpha value is -0.610. The summed E-state index contributed by atoms with van der Waals surface area (Å²) >= 11 is 0. The third-order valence-corrected chi connectivity index (χ3v) is 3.67. The van der Waals surface area contributed by atoms with Gasteiger partial charge in [-0.15, -0.1) is 0 Å². The lowest BCUT2D eigenvalue weighted by molar-refractivity contribution is -0.131. The van der Waals surface area contributed by atoms with Gasteiger partial charge in [0.15, 0.2) is 0 Å². The summed E-state index contributed by atoms with van der Waals surface area (Å²) in [4.78, 5) is 11.8. The average Bonchev–Trinajstić information content (AvgIpc) is 2.85. The van der Waals surface area contributed by atoms with Gasteiger partial charge in [-0.05, 0) is 25.2 Å². The second kappa shape index (κ2) is 9.32. The summed E-state index contributed by atoms with van der Waals surface area (Å²) in [5, 5.41) is 2.96. The van der Waals surface area contributed by atoms with E-state index in [0.717, 1.165) is 31.7 Å². The van der Waals surface area contributed by atoms with Crippen LogP contribution in [0.4, 0.5) is 0 Å². The number of carbonyl (C=O) groups is 1. The molecule has 0 aromatic carbocycles. The van der Waals surface area contributed by atoms with Crippen LogP contribution in [0.15, 0.2) is 0 Å². The van der Waals surface area contributed by atoms with Crippen molar-refractivity contribution in [3.8, 4) is 0 Å². The van der Waals surface area contributed by atoms with E-state index in [9.17, 15) is 4.79 Å². The van der Waals surface area contributed by atoms with Crippen molar-refractivity contribution in [2.24, 2.45) is 11.7 Å². The van der Waals surface area contributed by atoms with Gasteiger partial charge in [0, 0.05) is 13.1 Å². The predicted molar refractivity (Wildman–Crippen MR) is 77.9 cm³/mol. The van der Waals surface area contributed by atoms with Crippen molar-refractivity contribution >= 4 is 5.91 Å². The summed E-state index contributed by atoms with van der Waals surface area (Å²) in [5.41, 5.74) is 5.53. The molecule has 0 bridgehead atoms. The molecule has 1 aliphatic heterocycles. The van der Waals surface area contributed by atoms with E-state index in [1.807, 2.05) is 0 Å². The lowest BCUT2D eigenvalue weighted by Crippen LogP contribution is -2.36. The Morgan fingerprint density at radius 3 is 2.63 bits per heavy atom. The quantitative estimate of drug-likeness (QED) is 0.631. The standard InChI is InChI=1S/C15H30N2O2/c1-12(2)7-5-3-4-6-10-17-15(18)14-9-8-13(11-16)19-14/h12-14H,3-11,16H2,1-2H3,(H,17,18). The van der Waals surface area contributed by atoms with Crippen molar-refractivity contribution in [1.82, 2.24) is 5.32 Å². The molecule has 19 heavy (non-hydrogen) atoms. The molecule has 0 aromatic rings. The second-order valence-corrected chi connectivity index (χ2v) is 5.95. The van der Waals surface area contributed by atoms with E-state index in [2.05, 4.69) is 19.2 Å². The monoisotopic (exact) mass is 270 g/mol. The number of ether oxygens (including phenoxy) is 1. The highest BCUT2D eigenvalue weighted by Crippen LogP contribution is 2.18. The molecular weight excluding hydrogens is 240 g/mol. The molecule has 1 aliphatic rings. The third-order valence-electron chi connectivity index (χ3n) is 3.67. The molecule has 3 N–H and O–H groups in total. The van der Waals surface area contributed by atoms with Crippen LogP contribution in [-0.2, 0) is 9.53 Å². The van der Waals surface area contributed by atoms with Gasteiger partial charge in [-0.1, -0.05) is 39.5 Å². The van der Waals surface area contributed by atoms with Crippen molar-refractivity contribution in [1.29, 1.82) is 0 Å². The number of hydrogen-bond acceptors (Lipinski definition) is 3. The topological polar surface area (TPSA) is 64.4 Å². The fraction of sp³-hybridized carbons (Fsp3) is 0.933. The zero-order valence-electron chi connectivity index (χ0n) is 12.5. The minimum Gasteiger partial charge on any atom is -0.364 e. The first-order valence-corrected chi connectivity index (χ1v) is 7.76. The molecule has 112 valence electrons. The van der Waals surface area contributed by atoms with Gasteiger partial charge < -0.3 is 15.8 Å². The first-order chi connectivity index (χ1) is 9.13. The molecular formula is C15H30N2O2. The van der Waals surface area contributed by atoms with E-state index in [4.69, 9.17) is 10.5 Å². The van der Waals surface area contributed by atoms with Crippen LogP contribution in [0.25, 0.3) is 0 Å². The maximum absolute atomic E-state index is 11.8. The number of rotatable bonds is 9. The minimum absolute atomic E-state index is 0.0399. The Morgan fingerprint density at radius 1 is 1.26 bits per heavy atom. The first-order valence-electron chi connectivity index (χ1n) is 7.76. The summed E-state index contributed by atoms with van der Waals surface area (Å²) in [5.74, 6) is 0.841. The Morgan fingerprint density at radius 2 is 2.00 bits per heavy atom. The molecule has 0 aliphatic carbocycles. The lowest BCUT2D eigenvalue weighted by Gasteiger charge is -2.12. The first kappa shape index (κ1) is 16.4. The van der Waals surface area contributed by atoms with Crippen LogP contribution in [0.3, 0.4) is 0 Å².